The summed E-state index contributed by atoms with van der Waals surface area (Å²) < 4.78 is 11.1. The number of pyridine rings is 1. The van der Waals surface area contributed by atoms with Gasteiger partial charge in [0.05, 0.1) is 12.1 Å². The molecule has 0 spiro atoms. The van der Waals surface area contributed by atoms with Gasteiger partial charge in [0.2, 0.25) is 5.90 Å². The molecule has 0 atom stereocenters. The monoisotopic (exact) mass is 486 g/mol. The second-order valence-corrected chi connectivity index (χ2v) is 8.93. The zero-order chi connectivity index (χ0) is 23.5. The minimum atomic E-state index is -0.496. The fraction of sp³-hybridized carbons (Fsp3) is 0.0741. The van der Waals surface area contributed by atoms with Gasteiger partial charge in [-0.3, -0.25) is 0 Å². The van der Waals surface area contributed by atoms with E-state index < -0.39 is 5.97 Å². The van der Waals surface area contributed by atoms with Crippen molar-refractivity contribution < 1.29 is 14.3 Å². The average molecular weight is 487 g/mol. The number of halogens is 1. The summed E-state index contributed by atoms with van der Waals surface area (Å²) in [5, 5.41) is 2.30. The Bertz CT molecular complexity index is 1430. The van der Waals surface area contributed by atoms with Crippen LogP contribution in [0.3, 0.4) is 0 Å². The van der Waals surface area contributed by atoms with Crippen LogP contribution in [0.4, 0.5) is 0 Å². The third-order valence-corrected chi connectivity index (χ3v) is 6.33. The summed E-state index contributed by atoms with van der Waals surface area (Å²) in [7, 11) is 0. The molecule has 0 saturated carbocycles. The molecule has 0 aliphatic carbocycles. The van der Waals surface area contributed by atoms with Gasteiger partial charge < -0.3 is 9.47 Å². The average Bonchev–Trinajstić information content (AvgIpc) is 3.22. The van der Waals surface area contributed by atoms with Crippen LogP contribution < -0.4 is 4.74 Å². The van der Waals surface area contributed by atoms with Crippen LogP contribution in [-0.2, 0) is 9.53 Å². The van der Waals surface area contributed by atoms with Crippen molar-refractivity contribution in [1.29, 1.82) is 0 Å². The van der Waals surface area contributed by atoms with Gasteiger partial charge in [-0.1, -0.05) is 41.6 Å². The molecule has 34 heavy (non-hydrogen) atoms. The van der Waals surface area contributed by atoms with Gasteiger partial charge in [-0.05, 0) is 73.7 Å². The van der Waals surface area contributed by atoms with E-state index in [1.807, 2.05) is 85.8 Å². The van der Waals surface area contributed by atoms with Crippen LogP contribution in [-0.4, -0.2) is 23.5 Å². The Morgan fingerprint density at radius 3 is 2.59 bits per heavy atom. The fourth-order valence-corrected chi connectivity index (χ4v) is 4.47. The highest BCUT2D eigenvalue weighted by Gasteiger charge is 2.24. The highest BCUT2D eigenvalue weighted by molar-refractivity contribution is 7.99. The van der Waals surface area contributed by atoms with Crippen molar-refractivity contribution in [2.24, 2.45) is 4.99 Å². The number of nitrogens with zero attached hydrogens (tertiary/aromatic N) is 2. The molecule has 0 radical (unpaired) electrons. The van der Waals surface area contributed by atoms with Crippen LogP contribution in [0.25, 0.3) is 17.0 Å². The van der Waals surface area contributed by atoms with Gasteiger partial charge in [-0.2, -0.15) is 0 Å². The van der Waals surface area contributed by atoms with Crippen molar-refractivity contribution >= 4 is 52.2 Å². The second-order valence-electron chi connectivity index (χ2n) is 7.43. The van der Waals surface area contributed by atoms with Crippen molar-refractivity contribution in [1.82, 2.24) is 4.98 Å². The summed E-state index contributed by atoms with van der Waals surface area (Å²) in [5.41, 5.74) is 2.54. The summed E-state index contributed by atoms with van der Waals surface area (Å²) in [6, 6.07) is 24.6. The molecule has 1 aromatic heterocycles. The highest BCUT2D eigenvalue weighted by Crippen LogP contribution is 2.34. The quantitative estimate of drug-likeness (QED) is 0.222. The number of hydrogen-bond acceptors (Lipinski definition) is 6. The predicted octanol–water partition coefficient (Wildman–Crippen LogP) is 6.78. The summed E-state index contributed by atoms with van der Waals surface area (Å²) in [4.78, 5) is 22.9. The van der Waals surface area contributed by atoms with Crippen molar-refractivity contribution in [3.8, 4) is 5.75 Å². The number of fused-ring (bicyclic) bond motifs is 1. The Morgan fingerprint density at radius 2 is 1.82 bits per heavy atom. The molecule has 0 N–H and O–H groups in total. The molecule has 1 aliphatic heterocycles. The Kier molecular flexibility index (Phi) is 6.34. The smallest absolute Gasteiger partial charge is 0.363 e. The largest absolute Gasteiger partial charge is 0.494 e. The lowest BCUT2D eigenvalue weighted by molar-refractivity contribution is -0.129. The van der Waals surface area contributed by atoms with E-state index in [-0.39, 0.29) is 11.6 Å². The number of rotatable bonds is 6. The maximum Gasteiger partial charge on any atom is 0.363 e. The lowest BCUT2D eigenvalue weighted by Gasteiger charge is -2.10. The molecular formula is C27H19ClN2O3S. The predicted molar refractivity (Wildman–Crippen MR) is 136 cm³/mol. The van der Waals surface area contributed by atoms with Crippen LogP contribution in [0.2, 0.25) is 5.02 Å². The van der Waals surface area contributed by atoms with Gasteiger partial charge >= 0.3 is 5.97 Å². The second kappa shape index (κ2) is 9.71. The molecule has 3 aromatic carbocycles. The molecule has 5 rings (SSSR count). The Labute approximate surface area is 206 Å². The SMILES string of the molecule is CCOc1ccc2nc(Sc3ccc(Cl)cc3)c(C=C3N=C(c4ccccc4)OC3=O)cc2c1. The van der Waals surface area contributed by atoms with Gasteiger partial charge in [0.1, 0.15) is 10.8 Å². The molecular weight excluding hydrogens is 468 g/mol. The maximum atomic E-state index is 12.6. The summed E-state index contributed by atoms with van der Waals surface area (Å²) in [5.74, 6) is 0.554. The van der Waals surface area contributed by atoms with Gasteiger partial charge in [-0.15, -0.1) is 0 Å². The number of benzene rings is 3. The van der Waals surface area contributed by atoms with E-state index in [0.29, 0.717) is 11.6 Å². The summed E-state index contributed by atoms with van der Waals surface area (Å²) >= 11 is 7.53. The number of esters is 1. The minimum absolute atomic E-state index is 0.221. The minimum Gasteiger partial charge on any atom is -0.494 e. The highest BCUT2D eigenvalue weighted by atomic mass is 35.5. The molecule has 0 saturated heterocycles. The van der Waals surface area contributed by atoms with E-state index in [4.69, 9.17) is 26.1 Å². The van der Waals surface area contributed by atoms with Crippen molar-refractivity contribution in [2.75, 3.05) is 6.61 Å². The molecule has 0 bridgehead atoms. The van der Waals surface area contributed by atoms with Gasteiger partial charge in [0, 0.05) is 26.4 Å². The fourth-order valence-electron chi connectivity index (χ4n) is 3.47. The van der Waals surface area contributed by atoms with Gasteiger partial charge in [-0.25, -0.2) is 14.8 Å². The molecule has 0 fully saturated rings. The Hall–Kier alpha value is -3.61. The zero-order valence-corrected chi connectivity index (χ0v) is 19.8. The molecule has 4 aromatic rings. The maximum absolute atomic E-state index is 12.6. The molecule has 7 heteroatoms. The number of aliphatic imine (C=N–C) groups is 1. The van der Waals surface area contributed by atoms with E-state index in [2.05, 4.69) is 4.99 Å². The first-order valence-corrected chi connectivity index (χ1v) is 11.9. The van der Waals surface area contributed by atoms with Crippen molar-refractivity contribution in [3.63, 3.8) is 0 Å². The Balaban J connectivity index is 1.60. The zero-order valence-electron chi connectivity index (χ0n) is 18.2. The first kappa shape index (κ1) is 22.2. The van der Waals surface area contributed by atoms with Crippen LogP contribution in [0.5, 0.6) is 5.75 Å². The molecule has 0 amide bonds. The van der Waals surface area contributed by atoms with E-state index in [1.54, 1.807) is 6.08 Å². The van der Waals surface area contributed by atoms with E-state index >= 15 is 0 Å². The number of cyclic esters (lactones) is 1. The molecule has 168 valence electrons. The number of ether oxygens (including phenoxy) is 2. The third kappa shape index (κ3) is 4.83. The van der Waals surface area contributed by atoms with Gasteiger partial charge in [0.25, 0.3) is 0 Å². The molecule has 0 unspecified atom stereocenters. The third-order valence-electron chi connectivity index (χ3n) is 5.05. The molecule has 2 heterocycles. The first-order valence-electron chi connectivity index (χ1n) is 10.7. The number of carbonyl (C=O) groups is 1. The molecule has 5 nitrogen and oxygen atoms in total. The van der Waals surface area contributed by atoms with Crippen LogP contribution in [0, 0.1) is 0 Å². The number of hydrogen-bond donors (Lipinski definition) is 0. The summed E-state index contributed by atoms with van der Waals surface area (Å²) in [6.07, 6.45) is 1.72. The van der Waals surface area contributed by atoms with E-state index in [9.17, 15) is 4.79 Å². The number of aromatic nitrogens is 1. The first-order chi connectivity index (χ1) is 16.6. The summed E-state index contributed by atoms with van der Waals surface area (Å²) in [6.45, 7) is 2.52. The van der Waals surface area contributed by atoms with Crippen LogP contribution in [0.1, 0.15) is 18.1 Å². The normalized spacial score (nSPS) is 14.4. The lowest BCUT2D eigenvalue weighted by Crippen LogP contribution is -2.05. The van der Waals surface area contributed by atoms with E-state index in [0.717, 1.165) is 37.7 Å². The Morgan fingerprint density at radius 1 is 1.03 bits per heavy atom. The van der Waals surface area contributed by atoms with Crippen molar-refractivity contribution in [3.05, 3.63) is 101 Å². The van der Waals surface area contributed by atoms with Gasteiger partial charge in [0.15, 0.2) is 5.70 Å². The number of carbonyl (C=O) groups excluding carboxylic acids is 1. The van der Waals surface area contributed by atoms with Crippen molar-refractivity contribution in [2.45, 2.75) is 16.8 Å². The topological polar surface area (TPSA) is 60.8 Å². The lowest BCUT2D eigenvalue weighted by atomic mass is 10.1. The van der Waals surface area contributed by atoms with E-state index in [1.165, 1.54) is 11.8 Å². The van der Waals surface area contributed by atoms with Crippen LogP contribution >= 0.6 is 23.4 Å². The van der Waals surface area contributed by atoms with Crippen LogP contribution in [0.15, 0.2) is 99.5 Å². The standard InChI is InChI=1S/C27H19ClN2O3S/c1-2-32-21-10-13-23-18(15-21)14-19(26(30-23)34-22-11-8-20(28)9-12-22)16-24-27(31)33-25(29-24)17-6-4-3-5-7-17/h3-16H,2H2,1H3. The molecule has 1 aliphatic rings.